The van der Waals surface area contributed by atoms with Crippen LogP contribution in [0.25, 0.3) is 10.9 Å². The summed E-state index contributed by atoms with van der Waals surface area (Å²) in [4.78, 5) is 22.0. The molecule has 32 heavy (non-hydrogen) atoms. The molecule has 1 aromatic heterocycles. The minimum atomic E-state index is -3.58. The van der Waals surface area contributed by atoms with Gasteiger partial charge in [-0.05, 0) is 64.1 Å². The maximum Gasteiger partial charge on any atom is 0.240 e. The molecule has 0 aliphatic rings. The van der Waals surface area contributed by atoms with E-state index in [4.69, 9.17) is 0 Å². The molecule has 0 aliphatic carbocycles. The Balaban J connectivity index is 1.70. The average molecular weight is 474 g/mol. The highest BCUT2D eigenvalue weighted by Crippen LogP contribution is 2.27. The number of nitrogens with one attached hydrogen (secondary N) is 3. The van der Waals surface area contributed by atoms with Crippen LogP contribution in [0.5, 0.6) is 0 Å². The fourth-order valence-corrected chi connectivity index (χ4v) is 4.99. The third-order valence-corrected chi connectivity index (χ3v) is 7.04. The Kier molecular flexibility index (Phi) is 7.70. The van der Waals surface area contributed by atoms with E-state index < -0.39 is 15.3 Å². The van der Waals surface area contributed by atoms with Crippen molar-refractivity contribution in [1.82, 2.24) is 14.7 Å². The number of aromatic nitrogens is 2. The van der Waals surface area contributed by atoms with E-state index >= 15 is 0 Å². The molecule has 3 N–H and O–H groups in total. The summed E-state index contributed by atoms with van der Waals surface area (Å²) in [6.07, 6.45) is 0. The number of para-hydroxylation sites is 1. The molecule has 8 nitrogen and oxygen atoms in total. The predicted octanol–water partition coefficient (Wildman–Crippen LogP) is 3.87. The van der Waals surface area contributed by atoms with E-state index in [1.54, 1.807) is 32.9 Å². The van der Waals surface area contributed by atoms with Crippen LogP contribution in [0.15, 0.2) is 58.6 Å². The van der Waals surface area contributed by atoms with Crippen molar-refractivity contribution in [3.8, 4) is 0 Å². The molecule has 0 radical (unpaired) electrons. The van der Waals surface area contributed by atoms with Crippen LogP contribution in [-0.4, -0.2) is 42.1 Å². The van der Waals surface area contributed by atoms with Crippen LogP contribution in [-0.2, 0) is 14.8 Å². The molecule has 1 heterocycles. The zero-order chi connectivity index (χ0) is 23.3. The number of rotatable bonds is 9. The van der Waals surface area contributed by atoms with Crippen LogP contribution in [0.1, 0.15) is 27.7 Å². The fourth-order valence-electron chi connectivity index (χ4n) is 2.96. The molecule has 3 aromatic rings. The standard InChI is InChI=1S/C22H27N5O3S2/c1-5-23-20-18-8-6-7-9-19(18)25-22(26-20)31-15(4)21(28)24-16-10-12-17(13-11-16)32(29,30)27-14(2)3/h6-15,27H,5H2,1-4H3,(H,24,28)(H,23,25,26). The summed E-state index contributed by atoms with van der Waals surface area (Å²) in [5, 5.41) is 7.03. The first-order valence-corrected chi connectivity index (χ1v) is 12.7. The third kappa shape index (κ3) is 5.96. The zero-order valence-electron chi connectivity index (χ0n) is 18.4. The van der Waals surface area contributed by atoms with Gasteiger partial charge in [-0.15, -0.1) is 0 Å². The van der Waals surface area contributed by atoms with E-state index in [0.29, 0.717) is 10.8 Å². The molecule has 0 bridgehead atoms. The topological polar surface area (TPSA) is 113 Å². The van der Waals surface area contributed by atoms with Gasteiger partial charge in [0, 0.05) is 23.7 Å². The Labute approximate surface area is 192 Å². The lowest BCUT2D eigenvalue weighted by molar-refractivity contribution is -0.115. The summed E-state index contributed by atoms with van der Waals surface area (Å²) in [5.74, 6) is 0.507. The van der Waals surface area contributed by atoms with Crippen molar-refractivity contribution < 1.29 is 13.2 Å². The number of amides is 1. The van der Waals surface area contributed by atoms with Gasteiger partial charge in [0.05, 0.1) is 15.7 Å². The summed E-state index contributed by atoms with van der Waals surface area (Å²) in [5.41, 5.74) is 1.32. The molecule has 170 valence electrons. The van der Waals surface area contributed by atoms with Crippen molar-refractivity contribution in [3.05, 3.63) is 48.5 Å². The van der Waals surface area contributed by atoms with E-state index in [1.165, 1.54) is 23.9 Å². The quantitative estimate of drug-likeness (QED) is 0.319. The first-order valence-electron chi connectivity index (χ1n) is 10.3. The number of sulfonamides is 1. The maximum atomic E-state index is 12.7. The monoisotopic (exact) mass is 473 g/mol. The predicted molar refractivity (Wildman–Crippen MR) is 130 cm³/mol. The molecule has 0 fully saturated rings. The van der Waals surface area contributed by atoms with Gasteiger partial charge in [0.1, 0.15) is 5.82 Å². The Morgan fingerprint density at radius 1 is 1.03 bits per heavy atom. The van der Waals surface area contributed by atoms with Crippen LogP contribution in [0, 0.1) is 0 Å². The Bertz CT molecular complexity index is 1200. The molecule has 1 atom stereocenters. The number of hydrogen-bond donors (Lipinski definition) is 3. The number of anilines is 2. The highest BCUT2D eigenvalue weighted by Gasteiger charge is 2.19. The van der Waals surface area contributed by atoms with E-state index in [0.717, 1.165) is 23.3 Å². The molecule has 0 saturated carbocycles. The van der Waals surface area contributed by atoms with Gasteiger partial charge in [-0.25, -0.2) is 23.1 Å². The number of carbonyl (C=O) groups is 1. The summed E-state index contributed by atoms with van der Waals surface area (Å²) in [6, 6.07) is 13.6. The second-order valence-electron chi connectivity index (χ2n) is 7.45. The van der Waals surface area contributed by atoms with Gasteiger partial charge in [0.2, 0.25) is 15.9 Å². The number of thioether (sulfide) groups is 1. The second-order valence-corrected chi connectivity index (χ2v) is 10.5. The van der Waals surface area contributed by atoms with Crippen LogP contribution < -0.4 is 15.4 Å². The second kappa shape index (κ2) is 10.3. The third-order valence-electron chi connectivity index (χ3n) is 4.40. The lowest BCUT2D eigenvalue weighted by atomic mass is 10.2. The summed E-state index contributed by atoms with van der Waals surface area (Å²) in [7, 11) is -3.58. The van der Waals surface area contributed by atoms with E-state index in [9.17, 15) is 13.2 Å². The maximum absolute atomic E-state index is 12.7. The van der Waals surface area contributed by atoms with Gasteiger partial charge in [-0.1, -0.05) is 23.9 Å². The van der Waals surface area contributed by atoms with Gasteiger partial charge in [0.25, 0.3) is 0 Å². The van der Waals surface area contributed by atoms with Crippen LogP contribution in [0.2, 0.25) is 0 Å². The SMILES string of the molecule is CCNc1nc(SC(C)C(=O)Nc2ccc(S(=O)(=O)NC(C)C)cc2)nc2ccccc12. The molecular formula is C22H27N5O3S2. The first-order chi connectivity index (χ1) is 15.2. The largest absolute Gasteiger partial charge is 0.370 e. The molecule has 1 unspecified atom stereocenters. The molecule has 1 amide bonds. The van der Waals surface area contributed by atoms with Crippen LogP contribution in [0.3, 0.4) is 0 Å². The van der Waals surface area contributed by atoms with Crippen molar-refractivity contribution in [1.29, 1.82) is 0 Å². The Morgan fingerprint density at radius 2 is 1.72 bits per heavy atom. The van der Waals surface area contributed by atoms with Gasteiger partial charge >= 0.3 is 0 Å². The van der Waals surface area contributed by atoms with Crippen molar-refractivity contribution in [2.75, 3.05) is 17.2 Å². The van der Waals surface area contributed by atoms with E-state index in [1.807, 2.05) is 31.2 Å². The zero-order valence-corrected chi connectivity index (χ0v) is 20.0. The number of hydrogen-bond acceptors (Lipinski definition) is 7. The van der Waals surface area contributed by atoms with Crippen LogP contribution >= 0.6 is 11.8 Å². The summed E-state index contributed by atoms with van der Waals surface area (Å²) >= 11 is 1.26. The molecule has 0 saturated heterocycles. The average Bonchev–Trinajstić information content (AvgIpc) is 2.73. The lowest BCUT2D eigenvalue weighted by Gasteiger charge is -2.14. The molecule has 0 spiro atoms. The highest BCUT2D eigenvalue weighted by molar-refractivity contribution is 8.00. The minimum Gasteiger partial charge on any atom is -0.370 e. The fraction of sp³-hybridized carbons (Fsp3) is 0.318. The molecular weight excluding hydrogens is 446 g/mol. The number of nitrogens with zero attached hydrogens (tertiary/aromatic N) is 2. The lowest BCUT2D eigenvalue weighted by Crippen LogP contribution is -2.30. The Hall–Kier alpha value is -2.69. The molecule has 3 rings (SSSR count). The number of carbonyl (C=O) groups excluding carboxylic acids is 1. The number of benzene rings is 2. The number of fused-ring (bicyclic) bond motifs is 1. The van der Waals surface area contributed by atoms with Crippen molar-refractivity contribution in [2.24, 2.45) is 0 Å². The van der Waals surface area contributed by atoms with Crippen molar-refractivity contribution in [3.63, 3.8) is 0 Å². The minimum absolute atomic E-state index is 0.145. The van der Waals surface area contributed by atoms with Gasteiger partial charge in [0.15, 0.2) is 5.16 Å². The normalized spacial score (nSPS) is 12.7. The highest BCUT2D eigenvalue weighted by atomic mass is 32.2. The first kappa shape index (κ1) is 24.0. The van der Waals surface area contributed by atoms with Crippen molar-refractivity contribution >= 4 is 50.1 Å². The molecule has 0 aliphatic heterocycles. The van der Waals surface area contributed by atoms with E-state index in [-0.39, 0.29) is 16.8 Å². The smallest absolute Gasteiger partial charge is 0.240 e. The van der Waals surface area contributed by atoms with Gasteiger partial charge in [-0.2, -0.15) is 0 Å². The van der Waals surface area contributed by atoms with Gasteiger partial charge < -0.3 is 10.6 Å². The summed E-state index contributed by atoms with van der Waals surface area (Å²) in [6.45, 7) is 8.00. The molecule has 10 heteroatoms. The Morgan fingerprint density at radius 3 is 2.38 bits per heavy atom. The van der Waals surface area contributed by atoms with Crippen molar-refractivity contribution in [2.45, 2.75) is 49.0 Å². The summed E-state index contributed by atoms with van der Waals surface area (Å²) < 4.78 is 27.0. The van der Waals surface area contributed by atoms with Crippen LogP contribution in [0.4, 0.5) is 11.5 Å². The molecule has 2 aromatic carbocycles. The van der Waals surface area contributed by atoms with Gasteiger partial charge in [-0.3, -0.25) is 4.79 Å². The van der Waals surface area contributed by atoms with E-state index in [2.05, 4.69) is 25.3 Å².